The second kappa shape index (κ2) is 8.48. The number of phenols is 1. The Labute approximate surface area is 173 Å². The first-order chi connectivity index (χ1) is 14.6. The average Bonchev–Trinajstić information content (AvgIpc) is 3.16. The van der Waals surface area contributed by atoms with Crippen LogP contribution >= 0.6 is 0 Å². The number of hydrogen-bond acceptors (Lipinski definition) is 5. The fourth-order valence-corrected chi connectivity index (χ4v) is 3.09. The van der Waals surface area contributed by atoms with Crippen LogP contribution in [0.3, 0.4) is 0 Å². The number of rotatable bonds is 6. The number of nitrogens with zero attached hydrogens (tertiary/aromatic N) is 2. The number of aromatic amines is 1. The van der Waals surface area contributed by atoms with Crippen LogP contribution in [0, 0.1) is 0 Å². The predicted octanol–water partition coefficient (Wildman–Crippen LogP) is 3.63. The van der Waals surface area contributed by atoms with Gasteiger partial charge in [0.15, 0.2) is 11.5 Å². The third-order valence-corrected chi connectivity index (χ3v) is 4.59. The number of benzene rings is 3. The Bertz CT molecular complexity index is 1220. The Hall–Kier alpha value is -4.13. The standard InChI is InChI=1S/C23H20N4O3/c1-30-21-10-7-16(11-20(21)28)14-24-27-23(29)17-8-9-18-19(13-17)26-22(25-18)12-15-5-3-2-4-6-15/h2-11,13-14,28H,12H2,1H3,(H,25,26)(H,27,29)/b24-14-. The largest absolute Gasteiger partial charge is 0.504 e. The minimum atomic E-state index is -0.343. The van der Waals surface area contributed by atoms with Crippen molar-refractivity contribution in [3.8, 4) is 11.5 Å². The molecule has 7 nitrogen and oxygen atoms in total. The van der Waals surface area contributed by atoms with Gasteiger partial charge in [0.25, 0.3) is 5.91 Å². The molecule has 0 saturated carbocycles. The Morgan fingerprint density at radius 1 is 1.17 bits per heavy atom. The third-order valence-electron chi connectivity index (χ3n) is 4.59. The fourth-order valence-electron chi connectivity index (χ4n) is 3.09. The highest BCUT2D eigenvalue weighted by atomic mass is 16.5. The van der Waals surface area contributed by atoms with Crippen molar-refractivity contribution in [3.63, 3.8) is 0 Å². The van der Waals surface area contributed by atoms with Crippen LogP contribution in [0.5, 0.6) is 11.5 Å². The molecule has 4 rings (SSSR count). The molecule has 0 aliphatic carbocycles. The first-order valence-corrected chi connectivity index (χ1v) is 9.35. The Morgan fingerprint density at radius 3 is 2.77 bits per heavy atom. The van der Waals surface area contributed by atoms with Gasteiger partial charge in [0.2, 0.25) is 0 Å². The highest BCUT2D eigenvalue weighted by Gasteiger charge is 2.09. The van der Waals surface area contributed by atoms with E-state index in [4.69, 9.17) is 4.74 Å². The summed E-state index contributed by atoms with van der Waals surface area (Å²) < 4.78 is 5.00. The van der Waals surface area contributed by atoms with Crippen LogP contribution < -0.4 is 10.2 Å². The number of fused-ring (bicyclic) bond motifs is 1. The number of hydrogen-bond donors (Lipinski definition) is 3. The lowest BCUT2D eigenvalue weighted by Crippen LogP contribution is -2.17. The molecule has 0 aliphatic rings. The molecule has 1 aromatic heterocycles. The summed E-state index contributed by atoms with van der Waals surface area (Å²) >= 11 is 0. The van der Waals surface area contributed by atoms with Gasteiger partial charge in [-0.1, -0.05) is 30.3 Å². The lowest BCUT2D eigenvalue weighted by Gasteiger charge is -2.03. The number of aromatic nitrogens is 2. The minimum Gasteiger partial charge on any atom is -0.504 e. The number of carbonyl (C=O) groups excluding carboxylic acids is 1. The van der Waals surface area contributed by atoms with Gasteiger partial charge in [-0.15, -0.1) is 0 Å². The Balaban J connectivity index is 1.44. The normalized spacial score (nSPS) is 11.1. The molecule has 0 spiro atoms. The van der Waals surface area contributed by atoms with E-state index >= 15 is 0 Å². The quantitative estimate of drug-likeness (QED) is 0.340. The molecule has 7 heteroatoms. The molecule has 0 bridgehead atoms. The monoisotopic (exact) mass is 400 g/mol. The zero-order chi connectivity index (χ0) is 20.9. The van der Waals surface area contributed by atoms with Gasteiger partial charge in [0.1, 0.15) is 5.82 Å². The highest BCUT2D eigenvalue weighted by molar-refractivity contribution is 5.97. The van der Waals surface area contributed by atoms with Gasteiger partial charge in [-0.2, -0.15) is 5.10 Å². The Morgan fingerprint density at radius 2 is 2.00 bits per heavy atom. The summed E-state index contributed by atoms with van der Waals surface area (Å²) in [5, 5.41) is 13.7. The molecule has 0 atom stereocenters. The van der Waals surface area contributed by atoms with E-state index in [0.717, 1.165) is 22.4 Å². The second-order valence-corrected chi connectivity index (χ2v) is 6.71. The molecule has 3 aromatic carbocycles. The number of H-pyrrole nitrogens is 1. The Kier molecular flexibility index (Phi) is 5.43. The van der Waals surface area contributed by atoms with Crippen molar-refractivity contribution in [2.24, 2.45) is 5.10 Å². The van der Waals surface area contributed by atoms with Crippen molar-refractivity contribution in [2.45, 2.75) is 6.42 Å². The maximum atomic E-state index is 12.4. The lowest BCUT2D eigenvalue weighted by atomic mass is 10.1. The topological polar surface area (TPSA) is 99.6 Å². The summed E-state index contributed by atoms with van der Waals surface area (Å²) in [4.78, 5) is 20.3. The maximum absolute atomic E-state index is 12.4. The molecule has 0 aliphatic heterocycles. The summed E-state index contributed by atoms with van der Waals surface area (Å²) in [7, 11) is 1.48. The lowest BCUT2D eigenvalue weighted by molar-refractivity contribution is 0.0955. The summed E-state index contributed by atoms with van der Waals surface area (Å²) in [5.41, 5.74) is 6.33. The van der Waals surface area contributed by atoms with Crippen LogP contribution in [0.4, 0.5) is 0 Å². The van der Waals surface area contributed by atoms with E-state index < -0.39 is 0 Å². The summed E-state index contributed by atoms with van der Waals surface area (Å²) in [6.07, 6.45) is 2.14. The van der Waals surface area contributed by atoms with Crippen molar-refractivity contribution < 1.29 is 14.6 Å². The molecule has 0 unspecified atom stereocenters. The summed E-state index contributed by atoms with van der Waals surface area (Å²) in [6, 6.07) is 20.2. The van der Waals surface area contributed by atoms with Gasteiger partial charge in [0.05, 0.1) is 24.4 Å². The highest BCUT2D eigenvalue weighted by Crippen LogP contribution is 2.25. The van der Waals surface area contributed by atoms with Gasteiger partial charge in [-0.3, -0.25) is 4.79 Å². The summed E-state index contributed by atoms with van der Waals surface area (Å²) in [5.74, 6) is 0.871. The van der Waals surface area contributed by atoms with E-state index in [0.29, 0.717) is 23.3 Å². The molecule has 1 heterocycles. The number of aromatic hydroxyl groups is 1. The second-order valence-electron chi connectivity index (χ2n) is 6.71. The van der Waals surface area contributed by atoms with Crippen molar-refractivity contribution in [1.29, 1.82) is 0 Å². The number of carbonyl (C=O) groups is 1. The van der Waals surface area contributed by atoms with E-state index in [9.17, 15) is 9.90 Å². The zero-order valence-electron chi connectivity index (χ0n) is 16.3. The van der Waals surface area contributed by atoms with Crippen LogP contribution in [-0.4, -0.2) is 34.3 Å². The van der Waals surface area contributed by atoms with Gasteiger partial charge in [-0.05, 0) is 47.5 Å². The minimum absolute atomic E-state index is 0.00350. The van der Waals surface area contributed by atoms with Crippen LogP contribution in [-0.2, 0) is 6.42 Å². The molecule has 4 aromatic rings. The molecule has 0 radical (unpaired) electrons. The number of amides is 1. The fraction of sp³-hybridized carbons (Fsp3) is 0.0870. The number of phenolic OH excluding ortho intramolecular Hbond substituents is 1. The van der Waals surface area contributed by atoms with Crippen LogP contribution in [0.25, 0.3) is 11.0 Å². The van der Waals surface area contributed by atoms with E-state index in [1.165, 1.54) is 19.4 Å². The molecule has 0 fully saturated rings. The number of imidazole rings is 1. The van der Waals surface area contributed by atoms with Gasteiger partial charge < -0.3 is 14.8 Å². The third kappa shape index (κ3) is 4.30. The van der Waals surface area contributed by atoms with Gasteiger partial charge in [0, 0.05) is 12.0 Å². The van der Waals surface area contributed by atoms with Crippen LogP contribution in [0.1, 0.15) is 27.3 Å². The number of methoxy groups -OCH3 is 1. The van der Waals surface area contributed by atoms with Crippen LogP contribution in [0.2, 0.25) is 0 Å². The van der Waals surface area contributed by atoms with E-state index in [1.807, 2.05) is 30.3 Å². The predicted molar refractivity (Wildman–Crippen MR) is 115 cm³/mol. The van der Waals surface area contributed by atoms with E-state index in [1.54, 1.807) is 30.3 Å². The maximum Gasteiger partial charge on any atom is 0.271 e. The molecule has 3 N–H and O–H groups in total. The number of nitrogens with one attached hydrogen (secondary N) is 2. The van der Waals surface area contributed by atoms with Gasteiger partial charge >= 0.3 is 0 Å². The van der Waals surface area contributed by atoms with Crippen molar-refractivity contribution in [2.75, 3.05) is 7.11 Å². The first-order valence-electron chi connectivity index (χ1n) is 9.35. The molecular formula is C23H20N4O3. The molecule has 150 valence electrons. The molecule has 1 amide bonds. The smallest absolute Gasteiger partial charge is 0.271 e. The summed E-state index contributed by atoms with van der Waals surface area (Å²) in [6.45, 7) is 0. The zero-order valence-corrected chi connectivity index (χ0v) is 16.3. The molecule has 0 saturated heterocycles. The van der Waals surface area contributed by atoms with Crippen molar-refractivity contribution in [1.82, 2.24) is 15.4 Å². The van der Waals surface area contributed by atoms with Crippen molar-refractivity contribution in [3.05, 3.63) is 89.2 Å². The van der Waals surface area contributed by atoms with E-state index in [-0.39, 0.29) is 11.7 Å². The SMILES string of the molecule is COc1ccc(/C=N\NC(=O)c2ccc3nc(Cc4ccccc4)[nH]c3c2)cc1O. The average molecular weight is 400 g/mol. The number of hydrazone groups is 1. The molecular weight excluding hydrogens is 380 g/mol. The first kappa shape index (κ1) is 19.2. The van der Waals surface area contributed by atoms with Crippen LogP contribution in [0.15, 0.2) is 71.8 Å². The number of ether oxygens (including phenoxy) is 1. The van der Waals surface area contributed by atoms with E-state index in [2.05, 4.69) is 20.5 Å². The molecule has 30 heavy (non-hydrogen) atoms. The van der Waals surface area contributed by atoms with Gasteiger partial charge in [-0.25, -0.2) is 10.4 Å². The van der Waals surface area contributed by atoms with Crippen molar-refractivity contribution >= 4 is 23.2 Å².